The highest BCUT2D eigenvalue weighted by Crippen LogP contribution is 2.24. The summed E-state index contributed by atoms with van der Waals surface area (Å²) in [6.07, 6.45) is 0.788. The second-order valence-corrected chi connectivity index (χ2v) is 5.70. The molecule has 0 aromatic heterocycles. The molecule has 0 saturated carbocycles. The average Bonchev–Trinajstić information content (AvgIpc) is 2.59. The van der Waals surface area contributed by atoms with E-state index in [4.69, 9.17) is 9.47 Å². The van der Waals surface area contributed by atoms with Gasteiger partial charge in [-0.05, 0) is 25.1 Å². The van der Waals surface area contributed by atoms with Gasteiger partial charge >= 0.3 is 5.97 Å². The van der Waals surface area contributed by atoms with Crippen molar-refractivity contribution in [1.29, 1.82) is 0 Å². The third-order valence-electron chi connectivity index (χ3n) is 3.01. The van der Waals surface area contributed by atoms with Gasteiger partial charge in [-0.1, -0.05) is 30.3 Å². The Labute approximate surface area is 139 Å². The van der Waals surface area contributed by atoms with E-state index in [2.05, 4.69) is 0 Å². The molecule has 4 nitrogen and oxygen atoms in total. The van der Waals surface area contributed by atoms with Gasteiger partial charge in [-0.25, -0.2) is 0 Å². The Hall–Kier alpha value is -2.27. The molecule has 5 heteroatoms. The second kappa shape index (κ2) is 9.00. The molecule has 23 heavy (non-hydrogen) atoms. The minimum atomic E-state index is -0.230. The minimum absolute atomic E-state index is 0.230. The van der Waals surface area contributed by atoms with Crippen molar-refractivity contribution < 1.29 is 19.1 Å². The molecule has 0 bridgehead atoms. The van der Waals surface area contributed by atoms with Crippen LogP contribution in [0.1, 0.15) is 22.8 Å². The normalized spacial score (nSPS) is 10.1. The van der Waals surface area contributed by atoms with Gasteiger partial charge in [0, 0.05) is 16.0 Å². The van der Waals surface area contributed by atoms with Crippen molar-refractivity contribution in [2.24, 2.45) is 0 Å². The first kappa shape index (κ1) is 17.1. The predicted molar refractivity (Wildman–Crippen MR) is 90.0 cm³/mol. The number of hydrogen-bond donors (Lipinski definition) is 0. The van der Waals surface area contributed by atoms with Crippen LogP contribution in [0.3, 0.4) is 0 Å². The van der Waals surface area contributed by atoms with Gasteiger partial charge in [-0.3, -0.25) is 9.59 Å². The number of hydrogen-bond acceptors (Lipinski definition) is 5. The van der Waals surface area contributed by atoms with E-state index in [1.165, 1.54) is 11.8 Å². The lowest BCUT2D eigenvalue weighted by atomic mass is 10.2. The molecule has 0 heterocycles. The van der Waals surface area contributed by atoms with Crippen molar-refractivity contribution in [2.45, 2.75) is 18.4 Å². The summed E-state index contributed by atoms with van der Waals surface area (Å²) in [5.74, 6) is 0.678. The first-order valence-corrected chi connectivity index (χ1v) is 8.26. The number of esters is 1. The standard InChI is InChI=1S/C18H18O4S/c1-2-21-18(20)13-23-17-9-4-3-7-15(17)12-22-16-8-5-6-14(10-16)11-19/h3-11H,2,12-13H2,1H3. The highest BCUT2D eigenvalue weighted by atomic mass is 32.2. The fourth-order valence-electron chi connectivity index (χ4n) is 1.94. The van der Waals surface area contributed by atoms with Crippen molar-refractivity contribution in [3.8, 4) is 5.75 Å². The zero-order valence-corrected chi connectivity index (χ0v) is 13.7. The van der Waals surface area contributed by atoms with Gasteiger partial charge in [-0.2, -0.15) is 0 Å². The molecule has 0 spiro atoms. The van der Waals surface area contributed by atoms with Crippen molar-refractivity contribution >= 4 is 24.0 Å². The van der Waals surface area contributed by atoms with Crippen molar-refractivity contribution in [2.75, 3.05) is 12.4 Å². The predicted octanol–water partition coefficient (Wildman–Crippen LogP) is 3.73. The summed E-state index contributed by atoms with van der Waals surface area (Å²) in [4.78, 5) is 23.2. The Bertz CT molecular complexity index is 670. The van der Waals surface area contributed by atoms with Gasteiger partial charge in [0.2, 0.25) is 0 Å². The first-order chi connectivity index (χ1) is 11.2. The number of carbonyl (C=O) groups is 2. The lowest BCUT2D eigenvalue weighted by Gasteiger charge is -2.11. The van der Waals surface area contributed by atoms with Crippen LogP contribution in [0.5, 0.6) is 5.75 Å². The number of ether oxygens (including phenoxy) is 2. The molecule has 0 saturated heterocycles. The monoisotopic (exact) mass is 330 g/mol. The second-order valence-electron chi connectivity index (χ2n) is 4.68. The van der Waals surface area contributed by atoms with Gasteiger partial charge in [-0.15, -0.1) is 11.8 Å². The quantitative estimate of drug-likeness (QED) is 0.419. The molecule has 0 radical (unpaired) electrons. The third kappa shape index (κ3) is 5.45. The molecule has 0 fully saturated rings. The van der Waals surface area contributed by atoms with Gasteiger partial charge < -0.3 is 9.47 Å². The molecular weight excluding hydrogens is 312 g/mol. The summed E-state index contributed by atoms with van der Waals surface area (Å²) in [6.45, 7) is 2.54. The van der Waals surface area contributed by atoms with Crippen LogP contribution < -0.4 is 4.74 Å². The Morgan fingerprint density at radius 1 is 1.17 bits per heavy atom. The van der Waals surface area contributed by atoms with Crippen LogP contribution in [0.2, 0.25) is 0 Å². The van der Waals surface area contributed by atoms with E-state index in [0.717, 1.165) is 16.7 Å². The highest BCUT2D eigenvalue weighted by molar-refractivity contribution is 8.00. The number of rotatable bonds is 8. The molecule has 0 unspecified atom stereocenters. The molecule has 0 aliphatic heterocycles. The van der Waals surface area contributed by atoms with Gasteiger partial charge in [0.15, 0.2) is 0 Å². The largest absolute Gasteiger partial charge is 0.489 e. The van der Waals surface area contributed by atoms with Crippen LogP contribution in [0.15, 0.2) is 53.4 Å². The third-order valence-corrected chi connectivity index (χ3v) is 4.10. The summed E-state index contributed by atoms with van der Waals surface area (Å²) in [6, 6.07) is 14.8. The molecule has 2 aromatic rings. The van der Waals surface area contributed by atoms with Gasteiger partial charge in [0.25, 0.3) is 0 Å². The molecule has 0 amide bonds. The smallest absolute Gasteiger partial charge is 0.316 e. The van der Waals surface area contributed by atoms with Crippen LogP contribution in [0, 0.1) is 0 Å². The van der Waals surface area contributed by atoms with Gasteiger partial charge in [0.1, 0.15) is 18.6 Å². The van der Waals surface area contributed by atoms with Crippen LogP contribution >= 0.6 is 11.8 Å². The molecular formula is C18H18O4S. The van der Waals surface area contributed by atoms with E-state index in [9.17, 15) is 9.59 Å². The van der Waals surface area contributed by atoms with Crippen LogP contribution in [-0.2, 0) is 16.1 Å². The maximum atomic E-state index is 11.5. The topological polar surface area (TPSA) is 52.6 Å². The van der Waals surface area contributed by atoms with E-state index < -0.39 is 0 Å². The lowest BCUT2D eigenvalue weighted by molar-refractivity contribution is -0.139. The molecule has 2 rings (SSSR count). The molecule has 0 atom stereocenters. The summed E-state index contributed by atoms with van der Waals surface area (Å²) in [5, 5.41) is 0. The minimum Gasteiger partial charge on any atom is -0.489 e. The van der Waals surface area contributed by atoms with E-state index in [1.54, 1.807) is 31.2 Å². The number of thioether (sulfide) groups is 1. The van der Waals surface area contributed by atoms with E-state index >= 15 is 0 Å². The molecule has 0 aliphatic rings. The number of aldehydes is 1. The summed E-state index contributed by atoms with van der Waals surface area (Å²) < 4.78 is 10.7. The first-order valence-electron chi connectivity index (χ1n) is 7.27. The molecule has 0 aliphatic carbocycles. The Morgan fingerprint density at radius 3 is 2.78 bits per heavy atom. The number of carbonyl (C=O) groups excluding carboxylic acids is 2. The maximum absolute atomic E-state index is 11.5. The zero-order valence-electron chi connectivity index (χ0n) is 12.9. The van der Waals surface area contributed by atoms with Gasteiger partial charge in [0.05, 0.1) is 12.4 Å². The molecule has 120 valence electrons. The van der Waals surface area contributed by atoms with E-state index in [0.29, 0.717) is 24.5 Å². The molecule has 0 N–H and O–H groups in total. The van der Waals surface area contributed by atoms with Crippen molar-refractivity contribution in [3.05, 3.63) is 59.7 Å². The summed E-state index contributed by atoms with van der Waals surface area (Å²) in [7, 11) is 0. The Kier molecular flexibility index (Phi) is 6.69. The summed E-state index contributed by atoms with van der Waals surface area (Å²) >= 11 is 1.43. The number of benzene rings is 2. The van der Waals surface area contributed by atoms with E-state index in [-0.39, 0.29) is 11.7 Å². The Balaban J connectivity index is 1.99. The van der Waals surface area contributed by atoms with Crippen LogP contribution in [0.4, 0.5) is 0 Å². The fraction of sp³-hybridized carbons (Fsp3) is 0.222. The highest BCUT2D eigenvalue weighted by Gasteiger charge is 2.08. The van der Waals surface area contributed by atoms with E-state index in [1.807, 2.05) is 24.3 Å². The average molecular weight is 330 g/mol. The van der Waals surface area contributed by atoms with Crippen molar-refractivity contribution in [1.82, 2.24) is 0 Å². The van der Waals surface area contributed by atoms with Crippen LogP contribution in [-0.4, -0.2) is 24.6 Å². The Morgan fingerprint density at radius 2 is 2.00 bits per heavy atom. The lowest BCUT2D eigenvalue weighted by Crippen LogP contribution is -2.07. The fourth-order valence-corrected chi connectivity index (χ4v) is 2.79. The maximum Gasteiger partial charge on any atom is 0.316 e. The zero-order chi connectivity index (χ0) is 16.5. The SMILES string of the molecule is CCOC(=O)CSc1ccccc1COc1cccc(C=O)c1. The van der Waals surface area contributed by atoms with Crippen molar-refractivity contribution in [3.63, 3.8) is 0 Å². The summed E-state index contributed by atoms with van der Waals surface area (Å²) in [5.41, 5.74) is 1.56. The van der Waals surface area contributed by atoms with Crippen LogP contribution in [0.25, 0.3) is 0 Å². The molecule has 2 aromatic carbocycles.